The van der Waals surface area contributed by atoms with Gasteiger partial charge in [0.1, 0.15) is 11.4 Å². The number of benzene rings is 1. The number of ether oxygens (including phenoxy) is 1. The van der Waals surface area contributed by atoms with Crippen molar-refractivity contribution in [2.75, 3.05) is 7.11 Å². The van der Waals surface area contributed by atoms with Gasteiger partial charge >= 0.3 is 0 Å². The van der Waals surface area contributed by atoms with Crippen molar-refractivity contribution in [1.29, 1.82) is 0 Å². The second kappa shape index (κ2) is 6.23. The molecule has 1 aromatic carbocycles. The zero-order valence-corrected chi connectivity index (χ0v) is 11.7. The minimum absolute atomic E-state index is 0.782. The van der Waals surface area contributed by atoms with Crippen molar-refractivity contribution in [3.63, 3.8) is 0 Å². The fraction of sp³-hybridized carbons (Fsp3) is 0.125. The van der Waals surface area contributed by atoms with Gasteiger partial charge in [-0.3, -0.25) is 0 Å². The van der Waals surface area contributed by atoms with Crippen LogP contribution in [0.2, 0.25) is 0 Å². The number of methoxy groups -OCH3 is 1. The number of quaternary nitrogens is 1. The fourth-order valence-corrected chi connectivity index (χ4v) is 1.90. The van der Waals surface area contributed by atoms with Crippen LogP contribution in [-0.2, 0) is 0 Å². The van der Waals surface area contributed by atoms with E-state index in [2.05, 4.69) is 11.6 Å². The molecule has 1 aromatic heterocycles. The summed E-state index contributed by atoms with van der Waals surface area (Å²) in [5.41, 5.74) is 4.00. The second-order valence-corrected chi connectivity index (χ2v) is 4.53. The molecule has 2 aromatic rings. The summed E-state index contributed by atoms with van der Waals surface area (Å²) >= 11 is 0. The minimum atomic E-state index is 0.782. The minimum Gasteiger partial charge on any atom is -0.497 e. The number of nitrogens with one attached hydrogen (secondary N) is 1. The molecule has 20 heavy (non-hydrogen) atoms. The van der Waals surface area contributed by atoms with Gasteiger partial charge in [-0.05, 0) is 29.8 Å². The molecule has 0 radical (unpaired) electrons. The van der Waals surface area contributed by atoms with Crippen LogP contribution in [0.4, 0.5) is 0 Å². The van der Waals surface area contributed by atoms with Crippen molar-refractivity contribution < 1.29 is 15.4 Å². The molecule has 1 heterocycles. The molecule has 0 fully saturated rings. The van der Waals surface area contributed by atoms with Gasteiger partial charge in [-0.15, -0.1) is 0 Å². The Bertz CT molecular complexity index is 712. The Kier molecular flexibility index (Phi) is 4.40. The number of hydrogen-bond acceptors (Lipinski definition) is 2. The lowest BCUT2D eigenvalue weighted by Gasteiger charge is -2.01. The first-order chi connectivity index (χ1) is 9.65. The first kappa shape index (κ1) is 14.1. The molecule has 0 saturated heterocycles. The van der Waals surface area contributed by atoms with Crippen molar-refractivity contribution in [2.45, 2.75) is 6.92 Å². The van der Waals surface area contributed by atoms with Crippen LogP contribution < -0.4 is 20.8 Å². The van der Waals surface area contributed by atoms with Crippen molar-refractivity contribution in [1.82, 2.24) is 4.98 Å². The van der Waals surface area contributed by atoms with E-state index in [0.717, 1.165) is 38.6 Å². The number of rotatable bonds is 4. The fourth-order valence-electron chi connectivity index (χ4n) is 1.90. The number of aromatic nitrogens is 1. The number of hydroxylamine groups is 1. The summed E-state index contributed by atoms with van der Waals surface area (Å²) < 4.78 is 5.15. The molecular formula is C16H19N2O2+. The summed E-state index contributed by atoms with van der Waals surface area (Å²) in [6.45, 7) is 5.93. The van der Waals surface area contributed by atoms with Crippen LogP contribution in [0.3, 0.4) is 0 Å². The number of allylic oxidation sites excluding steroid dienone is 2. The highest BCUT2D eigenvalue weighted by molar-refractivity contribution is 5.65. The van der Waals surface area contributed by atoms with Gasteiger partial charge in [0, 0.05) is 29.3 Å². The van der Waals surface area contributed by atoms with Gasteiger partial charge in [-0.1, -0.05) is 18.7 Å². The normalized spacial score (nSPS) is 12.8. The SMILES string of the molecule is C=c1c(-c2ccc(OC)cc2)c[nH]/c1=C/C=C(\C)[NH2+]O. The van der Waals surface area contributed by atoms with E-state index < -0.39 is 0 Å². The van der Waals surface area contributed by atoms with Crippen LogP contribution in [0.25, 0.3) is 23.8 Å². The van der Waals surface area contributed by atoms with E-state index in [0.29, 0.717) is 0 Å². The quantitative estimate of drug-likeness (QED) is 0.718. The zero-order valence-electron chi connectivity index (χ0n) is 11.7. The highest BCUT2D eigenvalue weighted by atomic mass is 16.5. The maximum absolute atomic E-state index is 8.86. The van der Waals surface area contributed by atoms with Gasteiger partial charge in [0.25, 0.3) is 0 Å². The Balaban J connectivity index is 2.40. The van der Waals surface area contributed by atoms with Crippen LogP contribution in [0.1, 0.15) is 6.92 Å². The Hall–Kier alpha value is -2.30. The van der Waals surface area contributed by atoms with Crippen molar-refractivity contribution in [3.05, 3.63) is 52.8 Å². The van der Waals surface area contributed by atoms with Crippen molar-refractivity contribution in [3.8, 4) is 16.9 Å². The highest BCUT2D eigenvalue weighted by Crippen LogP contribution is 2.18. The van der Waals surface area contributed by atoms with Gasteiger partial charge in [0.15, 0.2) is 0 Å². The Labute approximate surface area is 117 Å². The molecule has 4 heteroatoms. The number of nitrogens with two attached hydrogens (primary N) is 1. The van der Waals surface area contributed by atoms with Crippen LogP contribution in [0, 0.1) is 0 Å². The molecule has 0 atom stereocenters. The lowest BCUT2D eigenvalue weighted by atomic mass is 10.1. The first-order valence-corrected chi connectivity index (χ1v) is 6.32. The molecule has 0 aliphatic heterocycles. The van der Waals surface area contributed by atoms with Gasteiger partial charge in [-0.25, -0.2) is 5.21 Å². The summed E-state index contributed by atoms with van der Waals surface area (Å²) in [4.78, 5) is 3.19. The topological polar surface area (TPSA) is 61.9 Å². The van der Waals surface area contributed by atoms with E-state index in [1.807, 2.05) is 49.5 Å². The first-order valence-electron chi connectivity index (χ1n) is 6.32. The molecule has 0 spiro atoms. The van der Waals surface area contributed by atoms with E-state index in [9.17, 15) is 0 Å². The third-order valence-electron chi connectivity index (χ3n) is 3.14. The van der Waals surface area contributed by atoms with Gasteiger partial charge < -0.3 is 9.72 Å². The lowest BCUT2D eigenvalue weighted by Crippen LogP contribution is -2.77. The molecule has 2 rings (SSSR count). The van der Waals surface area contributed by atoms with Gasteiger partial charge in [0.2, 0.25) is 0 Å². The molecule has 4 nitrogen and oxygen atoms in total. The maximum atomic E-state index is 8.86. The Morgan fingerprint density at radius 1 is 1.35 bits per heavy atom. The molecule has 0 aliphatic rings. The van der Waals surface area contributed by atoms with Crippen LogP contribution in [0.5, 0.6) is 5.75 Å². The van der Waals surface area contributed by atoms with E-state index in [4.69, 9.17) is 9.94 Å². The molecule has 0 saturated carbocycles. The molecule has 0 unspecified atom stereocenters. The van der Waals surface area contributed by atoms with Gasteiger partial charge in [0.05, 0.1) is 7.11 Å². The molecular weight excluding hydrogens is 252 g/mol. The predicted molar refractivity (Wildman–Crippen MR) is 79.5 cm³/mol. The lowest BCUT2D eigenvalue weighted by molar-refractivity contribution is -0.850. The highest BCUT2D eigenvalue weighted by Gasteiger charge is 2.01. The summed E-state index contributed by atoms with van der Waals surface area (Å²) in [6.07, 6.45) is 5.66. The van der Waals surface area contributed by atoms with Gasteiger partial charge in [-0.2, -0.15) is 5.48 Å². The number of aromatic amines is 1. The van der Waals surface area contributed by atoms with Crippen LogP contribution in [0.15, 0.2) is 42.2 Å². The smallest absolute Gasteiger partial charge is 0.135 e. The summed E-state index contributed by atoms with van der Waals surface area (Å²) in [7, 11) is 1.65. The van der Waals surface area contributed by atoms with Crippen molar-refractivity contribution >= 4 is 12.7 Å². The molecule has 0 aliphatic carbocycles. The van der Waals surface area contributed by atoms with E-state index >= 15 is 0 Å². The standard InChI is InChI=1S/C16H18N2O2/c1-11(18-19)4-9-16-12(2)15(10-17-16)13-5-7-14(20-3)8-6-13/h4-10,17-19H,2H2,1,3H3/p+1/b11-4+,16-9+. The summed E-state index contributed by atoms with van der Waals surface area (Å²) in [5.74, 6) is 0.832. The predicted octanol–water partition coefficient (Wildman–Crippen LogP) is 0.737. The largest absolute Gasteiger partial charge is 0.497 e. The molecule has 0 bridgehead atoms. The Morgan fingerprint density at radius 2 is 2.05 bits per heavy atom. The van der Waals surface area contributed by atoms with E-state index in [1.165, 1.54) is 0 Å². The monoisotopic (exact) mass is 271 g/mol. The van der Waals surface area contributed by atoms with Crippen molar-refractivity contribution in [2.24, 2.45) is 0 Å². The van der Waals surface area contributed by atoms with Crippen LogP contribution >= 0.6 is 0 Å². The summed E-state index contributed by atoms with van der Waals surface area (Å²) in [6, 6.07) is 7.86. The molecule has 104 valence electrons. The third kappa shape index (κ3) is 2.99. The summed E-state index contributed by atoms with van der Waals surface area (Å²) in [5, 5.41) is 10.7. The number of hydrogen-bond donors (Lipinski definition) is 3. The zero-order chi connectivity index (χ0) is 14.5. The Morgan fingerprint density at radius 3 is 2.65 bits per heavy atom. The average Bonchev–Trinajstić information content (AvgIpc) is 2.86. The van der Waals surface area contributed by atoms with E-state index in [1.54, 1.807) is 7.11 Å². The number of H-pyrrole nitrogens is 1. The van der Waals surface area contributed by atoms with Crippen LogP contribution in [-0.4, -0.2) is 17.3 Å². The third-order valence-corrected chi connectivity index (χ3v) is 3.14. The average molecular weight is 271 g/mol. The second-order valence-electron chi connectivity index (χ2n) is 4.53. The maximum Gasteiger partial charge on any atom is 0.135 e. The molecule has 4 N–H and O–H groups in total. The van der Waals surface area contributed by atoms with E-state index in [-0.39, 0.29) is 0 Å². The molecule has 0 amide bonds.